The number of ether oxygens (including phenoxy) is 4. The van der Waals surface area contributed by atoms with Crippen LogP contribution in [0.25, 0.3) is 0 Å². The van der Waals surface area contributed by atoms with Gasteiger partial charge in [-0.3, -0.25) is 4.90 Å². The molecule has 0 unspecified atom stereocenters. The first-order valence-corrected chi connectivity index (χ1v) is 17.4. The van der Waals surface area contributed by atoms with Crippen LogP contribution < -0.4 is 4.74 Å². The van der Waals surface area contributed by atoms with Crippen LogP contribution in [-0.2, 0) is 19.0 Å². The Labute approximate surface area is 283 Å². The number of phenols is 1. The lowest BCUT2D eigenvalue weighted by atomic mass is 9.55. The molecule has 1 saturated carbocycles. The van der Waals surface area contributed by atoms with Crippen molar-refractivity contribution in [3.05, 3.63) is 48.1 Å². The quantitative estimate of drug-likeness (QED) is 0.0881. The van der Waals surface area contributed by atoms with Crippen LogP contribution in [0.2, 0.25) is 0 Å². The Hall–Kier alpha value is -3.16. The molecule has 0 spiro atoms. The summed E-state index contributed by atoms with van der Waals surface area (Å²) >= 11 is 0. The normalized spacial score (nSPS) is 26.6. The summed E-state index contributed by atoms with van der Waals surface area (Å²) < 4.78 is 25.0. The number of carbonyl (C=O) groups excluding carboxylic acids is 1. The number of aliphatic hydroxyl groups is 3. The van der Waals surface area contributed by atoms with Gasteiger partial charge in [0.1, 0.15) is 24.1 Å². The van der Waals surface area contributed by atoms with E-state index in [4.69, 9.17) is 23.8 Å². The van der Waals surface area contributed by atoms with E-state index in [-0.39, 0.29) is 82.7 Å². The highest BCUT2D eigenvalue weighted by atomic mass is 16.7. The van der Waals surface area contributed by atoms with Crippen LogP contribution in [0.15, 0.2) is 47.7 Å². The van der Waals surface area contributed by atoms with Crippen molar-refractivity contribution in [2.24, 2.45) is 22.9 Å². The van der Waals surface area contributed by atoms with E-state index in [0.717, 1.165) is 36.8 Å². The number of benzene rings is 1. The minimum absolute atomic E-state index is 0.0520. The molecule has 0 radical (unpaired) electrons. The smallest absolute Gasteiger partial charge is 0.410 e. The Morgan fingerprint density at radius 3 is 2.54 bits per heavy atom. The molecule has 268 valence electrons. The molecule has 1 aliphatic heterocycles. The summed E-state index contributed by atoms with van der Waals surface area (Å²) in [7, 11) is 0. The van der Waals surface area contributed by atoms with E-state index < -0.39 is 23.8 Å². The number of carbonyl (C=O) groups is 1. The summed E-state index contributed by atoms with van der Waals surface area (Å²) in [4.78, 5) is 21.1. The number of aliphatic hydroxyl groups excluding tert-OH is 3. The number of aromatic hydroxyl groups is 1. The topological polar surface area (TPSA) is 160 Å². The number of allylic oxidation sites excluding steroid dienone is 1. The third-order valence-corrected chi connectivity index (χ3v) is 9.55. The van der Waals surface area contributed by atoms with Crippen LogP contribution in [0.3, 0.4) is 0 Å². The zero-order valence-electron chi connectivity index (χ0n) is 28.4. The van der Waals surface area contributed by atoms with Gasteiger partial charge in [-0.05, 0) is 75.1 Å². The Morgan fingerprint density at radius 2 is 1.85 bits per heavy atom. The van der Waals surface area contributed by atoms with E-state index in [2.05, 4.69) is 17.8 Å². The maximum absolute atomic E-state index is 13.8. The molecule has 0 aromatic heterocycles. The standard InChI is InChI=1S/C36H54N2O10/c1-4-19-46-36-32(38(35(43)45-5-2)15-20-44-21-18-41)24-30(37-47-6-3)28-22-25(11-7-9-16-39)27(12-8-10-17-40)33(34(28)36)29-23-26(42)13-14-31(29)48-36/h4,13-14,22-23,25,27,32-34,39-42H,1,5-12,15-21,24H2,2-3H3/t25-,27+,32-,33+,34+,36+/m0/s1. The average molecular weight is 675 g/mol. The van der Waals surface area contributed by atoms with Gasteiger partial charge in [0, 0.05) is 37.7 Å². The molecule has 4 rings (SSSR count). The number of fused-ring (bicyclic) bond motifs is 2. The van der Waals surface area contributed by atoms with Crippen molar-refractivity contribution >= 4 is 11.8 Å². The van der Waals surface area contributed by atoms with Crippen LogP contribution in [-0.4, -0.2) is 108 Å². The van der Waals surface area contributed by atoms with E-state index in [1.807, 2.05) is 6.92 Å². The minimum Gasteiger partial charge on any atom is -0.508 e. The lowest BCUT2D eigenvalue weighted by Gasteiger charge is -2.59. The number of unbranched alkanes of at least 4 members (excludes halogenated alkanes) is 2. The third kappa shape index (κ3) is 8.34. The molecule has 0 saturated heterocycles. The fourth-order valence-corrected chi connectivity index (χ4v) is 7.71. The van der Waals surface area contributed by atoms with Gasteiger partial charge in [0.2, 0.25) is 5.79 Å². The van der Waals surface area contributed by atoms with Crippen molar-refractivity contribution in [1.82, 2.24) is 4.90 Å². The highest BCUT2D eigenvalue weighted by molar-refractivity contribution is 6.02. The van der Waals surface area contributed by atoms with Crippen molar-refractivity contribution in [3.8, 4) is 11.5 Å². The number of rotatable bonds is 20. The first kappa shape index (κ1) is 37.7. The maximum atomic E-state index is 13.8. The summed E-state index contributed by atoms with van der Waals surface area (Å²) in [5.41, 5.74) is 2.43. The molecule has 12 heteroatoms. The Morgan fingerprint density at radius 1 is 1.08 bits per heavy atom. The molecular weight excluding hydrogens is 620 g/mol. The Balaban J connectivity index is 1.99. The average Bonchev–Trinajstić information content (AvgIpc) is 3.08. The van der Waals surface area contributed by atoms with Gasteiger partial charge in [-0.1, -0.05) is 30.1 Å². The van der Waals surface area contributed by atoms with Gasteiger partial charge in [-0.25, -0.2) is 4.79 Å². The van der Waals surface area contributed by atoms with E-state index in [9.17, 15) is 25.2 Å². The van der Waals surface area contributed by atoms with Gasteiger partial charge >= 0.3 is 6.09 Å². The van der Waals surface area contributed by atoms with E-state index >= 15 is 0 Å². The van der Waals surface area contributed by atoms with Crippen LogP contribution in [0.1, 0.15) is 70.3 Å². The maximum Gasteiger partial charge on any atom is 0.410 e. The fourth-order valence-electron chi connectivity index (χ4n) is 7.71. The van der Waals surface area contributed by atoms with Crippen LogP contribution in [0.4, 0.5) is 4.79 Å². The van der Waals surface area contributed by atoms with Gasteiger partial charge in [-0.2, -0.15) is 0 Å². The SMILES string of the molecule is C=CCO[C@@]12Oc3ccc(O)cc3[C@H]3[C@H](CCCCO)[C@@H](CCCCO)C=C(C(=NOCC)C[C@@H]1N(CCOCCO)C(=O)OCC)[C@H]32. The van der Waals surface area contributed by atoms with Crippen molar-refractivity contribution < 1.29 is 49.0 Å². The van der Waals surface area contributed by atoms with Crippen LogP contribution in [0.5, 0.6) is 11.5 Å². The second-order valence-electron chi connectivity index (χ2n) is 12.4. The predicted molar refractivity (Wildman–Crippen MR) is 180 cm³/mol. The first-order valence-electron chi connectivity index (χ1n) is 17.4. The van der Waals surface area contributed by atoms with Gasteiger partial charge in [0.15, 0.2) is 0 Å². The van der Waals surface area contributed by atoms with Gasteiger partial charge in [-0.15, -0.1) is 6.58 Å². The lowest BCUT2D eigenvalue weighted by Crippen LogP contribution is -2.70. The minimum atomic E-state index is -1.42. The van der Waals surface area contributed by atoms with Gasteiger partial charge in [0.05, 0.1) is 44.7 Å². The van der Waals surface area contributed by atoms with Crippen LogP contribution >= 0.6 is 0 Å². The molecule has 4 N–H and O–H groups in total. The van der Waals surface area contributed by atoms with Gasteiger partial charge in [0.25, 0.3) is 0 Å². The molecule has 0 bridgehead atoms. The van der Waals surface area contributed by atoms with Crippen molar-refractivity contribution in [1.29, 1.82) is 0 Å². The molecule has 3 aliphatic rings. The lowest BCUT2D eigenvalue weighted by molar-refractivity contribution is -0.256. The largest absolute Gasteiger partial charge is 0.508 e. The first-order chi connectivity index (χ1) is 23.4. The summed E-state index contributed by atoms with van der Waals surface area (Å²) in [6.45, 7) is 8.61. The molecule has 1 aromatic rings. The number of hydrogen-bond acceptors (Lipinski definition) is 11. The number of oxime groups is 1. The number of phenolic OH excluding ortho intramolecular Hbond substituents is 1. The number of nitrogens with zero attached hydrogens (tertiary/aromatic N) is 2. The molecular formula is C36H54N2O10. The van der Waals surface area contributed by atoms with Crippen LogP contribution in [0, 0.1) is 17.8 Å². The second-order valence-corrected chi connectivity index (χ2v) is 12.4. The number of hydrogen-bond donors (Lipinski definition) is 4. The molecule has 1 fully saturated rings. The highest BCUT2D eigenvalue weighted by Crippen LogP contribution is 2.61. The van der Waals surface area contributed by atoms with E-state index in [0.29, 0.717) is 30.9 Å². The number of amides is 1. The molecule has 6 atom stereocenters. The second kappa shape index (κ2) is 18.6. The molecule has 12 nitrogen and oxygen atoms in total. The molecule has 1 amide bonds. The molecule has 48 heavy (non-hydrogen) atoms. The zero-order chi connectivity index (χ0) is 34.5. The monoisotopic (exact) mass is 674 g/mol. The Bertz CT molecular complexity index is 1260. The Kier molecular flexibility index (Phi) is 14.6. The van der Waals surface area contributed by atoms with E-state index in [1.54, 1.807) is 36.1 Å². The molecule has 1 heterocycles. The molecule has 1 aromatic carbocycles. The summed E-state index contributed by atoms with van der Waals surface area (Å²) in [5, 5.41) is 44.1. The van der Waals surface area contributed by atoms with Crippen molar-refractivity contribution in [2.75, 3.05) is 59.4 Å². The van der Waals surface area contributed by atoms with E-state index in [1.165, 1.54) is 0 Å². The van der Waals surface area contributed by atoms with Gasteiger partial charge < -0.3 is 44.2 Å². The summed E-state index contributed by atoms with van der Waals surface area (Å²) in [6, 6.07) is 4.36. The predicted octanol–water partition coefficient (Wildman–Crippen LogP) is 4.51. The highest BCUT2D eigenvalue weighted by Gasteiger charge is 2.65. The zero-order valence-corrected chi connectivity index (χ0v) is 28.4. The fraction of sp³-hybridized carbons (Fsp3) is 0.667. The summed E-state index contributed by atoms with van der Waals surface area (Å²) in [6.07, 6.45) is 8.16. The third-order valence-electron chi connectivity index (χ3n) is 9.55. The van der Waals surface area contributed by atoms with Crippen molar-refractivity contribution in [2.45, 2.75) is 76.5 Å². The van der Waals surface area contributed by atoms with Crippen molar-refractivity contribution in [3.63, 3.8) is 0 Å². The summed E-state index contributed by atoms with van der Waals surface area (Å²) in [5.74, 6) is -1.32. The molecule has 2 aliphatic carbocycles.